The van der Waals surface area contributed by atoms with Crippen LogP contribution in [0, 0.1) is 0 Å². The Labute approximate surface area is 116 Å². The molecule has 2 fully saturated rings. The van der Waals surface area contributed by atoms with Gasteiger partial charge in [0.25, 0.3) is 0 Å². The van der Waals surface area contributed by atoms with Crippen LogP contribution in [0.4, 0.5) is 9.93 Å². The van der Waals surface area contributed by atoms with Crippen LogP contribution in [0.2, 0.25) is 0 Å². The lowest BCUT2D eigenvalue weighted by Gasteiger charge is -2.34. The molecule has 2 saturated heterocycles. The molecular weight excluding hydrogens is 264 g/mol. The van der Waals surface area contributed by atoms with Crippen LogP contribution >= 0.6 is 11.5 Å². The minimum absolute atomic E-state index is 0.197. The summed E-state index contributed by atoms with van der Waals surface area (Å²) in [6.07, 6.45) is 2.38. The zero-order valence-corrected chi connectivity index (χ0v) is 12.2. The number of piperazine rings is 1. The second kappa shape index (κ2) is 4.33. The van der Waals surface area contributed by atoms with Gasteiger partial charge in [-0.15, -0.1) is 0 Å². The van der Waals surface area contributed by atoms with Gasteiger partial charge >= 0.3 is 6.09 Å². The summed E-state index contributed by atoms with van der Waals surface area (Å²) >= 11 is 1.41. The third-order valence-electron chi connectivity index (χ3n) is 3.46. The number of hydrogen-bond acceptors (Lipinski definition) is 6. The SMILES string of the molecule is CC(C)(C)OC(=O)N1CC2CC1CN2c1ncns1. The normalized spacial score (nSPS) is 26.1. The molecule has 19 heavy (non-hydrogen) atoms. The second-order valence-electron chi connectivity index (χ2n) is 6.05. The van der Waals surface area contributed by atoms with E-state index in [0.717, 1.165) is 24.6 Å². The fraction of sp³-hybridized carbons (Fsp3) is 0.750. The molecule has 104 valence electrons. The molecule has 2 atom stereocenters. The number of amides is 1. The molecule has 0 radical (unpaired) electrons. The van der Waals surface area contributed by atoms with Gasteiger partial charge in [-0.2, -0.15) is 4.37 Å². The van der Waals surface area contributed by atoms with Crippen molar-refractivity contribution < 1.29 is 9.53 Å². The van der Waals surface area contributed by atoms with Gasteiger partial charge in [0.1, 0.15) is 11.9 Å². The fourth-order valence-corrected chi connectivity index (χ4v) is 3.35. The molecule has 1 amide bonds. The molecule has 0 N–H and O–H groups in total. The maximum Gasteiger partial charge on any atom is 0.410 e. The number of rotatable bonds is 1. The Hall–Kier alpha value is -1.37. The Morgan fingerprint density at radius 1 is 1.42 bits per heavy atom. The third kappa shape index (κ3) is 2.39. The van der Waals surface area contributed by atoms with E-state index >= 15 is 0 Å². The number of nitrogens with zero attached hydrogens (tertiary/aromatic N) is 4. The first-order valence-corrected chi connectivity index (χ1v) is 7.24. The number of fused-ring (bicyclic) bond motifs is 2. The lowest BCUT2D eigenvalue weighted by molar-refractivity contribution is 0.0215. The van der Waals surface area contributed by atoms with Crippen molar-refractivity contribution in [1.82, 2.24) is 14.3 Å². The topological polar surface area (TPSA) is 58.6 Å². The zero-order chi connectivity index (χ0) is 13.6. The first-order chi connectivity index (χ1) is 8.94. The smallest absolute Gasteiger partial charge is 0.410 e. The van der Waals surface area contributed by atoms with Crippen molar-refractivity contribution in [3.05, 3.63) is 6.33 Å². The predicted molar refractivity (Wildman–Crippen MR) is 72.4 cm³/mol. The van der Waals surface area contributed by atoms with Gasteiger partial charge in [0, 0.05) is 24.6 Å². The molecule has 3 rings (SSSR count). The molecule has 6 nitrogen and oxygen atoms in total. The fourth-order valence-electron chi connectivity index (χ4n) is 2.74. The van der Waals surface area contributed by atoms with E-state index in [9.17, 15) is 4.79 Å². The maximum absolute atomic E-state index is 12.1. The standard InChI is InChI=1S/C12H18N4O2S/c1-12(2,3)18-11(17)16-6-8-4-9(16)5-15(8)10-13-7-14-19-10/h7-9H,4-6H2,1-3H3. The van der Waals surface area contributed by atoms with Crippen molar-refractivity contribution >= 4 is 22.8 Å². The van der Waals surface area contributed by atoms with Crippen LogP contribution in [0.3, 0.4) is 0 Å². The second-order valence-corrected chi connectivity index (χ2v) is 6.81. The number of likely N-dealkylation sites (tertiary alicyclic amines) is 1. The van der Waals surface area contributed by atoms with Gasteiger partial charge in [-0.3, -0.25) is 0 Å². The van der Waals surface area contributed by atoms with Crippen molar-refractivity contribution in [3.63, 3.8) is 0 Å². The highest BCUT2D eigenvalue weighted by Crippen LogP contribution is 2.35. The lowest BCUT2D eigenvalue weighted by atomic mass is 10.2. The number of anilines is 1. The summed E-state index contributed by atoms with van der Waals surface area (Å²) in [5, 5.41) is 0.955. The number of carbonyl (C=O) groups is 1. The van der Waals surface area contributed by atoms with E-state index < -0.39 is 5.60 Å². The van der Waals surface area contributed by atoms with Crippen molar-refractivity contribution in [2.45, 2.75) is 44.9 Å². The van der Waals surface area contributed by atoms with Crippen LogP contribution < -0.4 is 4.90 Å². The van der Waals surface area contributed by atoms with Gasteiger partial charge in [-0.1, -0.05) is 0 Å². The van der Waals surface area contributed by atoms with E-state index in [1.165, 1.54) is 11.5 Å². The Morgan fingerprint density at radius 3 is 2.74 bits per heavy atom. The van der Waals surface area contributed by atoms with Gasteiger partial charge in [0.05, 0.1) is 12.1 Å². The Balaban J connectivity index is 1.65. The summed E-state index contributed by atoms with van der Waals surface area (Å²) in [6, 6.07) is 0.592. The van der Waals surface area contributed by atoms with Crippen LogP contribution in [0.25, 0.3) is 0 Å². The van der Waals surface area contributed by atoms with Gasteiger partial charge in [0.15, 0.2) is 0 Å². The van der Waals surface area contributed by atoms with Crippen molar-refractivity contribution in [2.75, 3.05) is 18.0 Å². The Morgan fingerprint density at radius 2 is 2.21 bits per heavy atom. The zero-order valence-electron chi connectivity index (χ0n) is 11.4. The highest BCUT2D eigenvalue weighted by atomic mass is 32.1. The van der Waals surface area contributed by atoms with Crippen LogP contribution in [-0.2, 0) is 4.74 Å². The van der Waals surface area contributed by atoms with E-state index in [1.54, 1.807) is 6.33 Å². The number of ether oxygens (including phenoxy) is 1. The van der Waals surface area contributed by atoms with E-state index in [0.29, 0.717) is 6.04 Å². The summed E-state index contributed by atoms with van der Waals surface area (Å²) in [7, 11) is 0. The molecule has 0 saturated carbocycles. The monoisotopic (exact) mass is 282 g/mol. The van der Waals surface area contributed by atoms with E-state index in [1.807, 2.05) is 25.7 Å². The molecule has 2 unspecified atom stereocenters. The number of aromatic nitrogens is 2. The highest BCUT2D eigenvalue weighted by Gasteiger charge is 2.47. The largest absolute Gasteiger partial charge is 0.444 e. The minimum atomic E-state index is -0.433. The predicted octanol–water partition coefficient (Wildman–Crippen LogP) is 1.74. The first kappa shape index (κ1) is 12.7. The van der Waals surface area contributed by atoms with Crippen LogP contribution in [0.15, 0.2) is 6.33 Å². The number of carbonyl (C=O) groups excluding carboxylic acids is 1. The summed E-state index contributed by atoms with van der Waals surface area (Å²) < 4.78 is 9.48. The molecule has 1 aromatic heterocycles. The molecular formula is C12H18N4O2S. The van der Waals surface area contributed by atoms with Crippen molar-refractivity contribution in [3.8, 4) is 0 Å². The maximum atomic E-state index is 12.1. The molecule has 0 aliphatic carbocycles. The average molecular weight is 282 g/mol. The highest BCUT2D eigenvalue weighted by molar-refractivity contribution is 7.09. The van der Waals surface area contributed by atoms with Crippen LogP contribution in [-0.4, -0.2) is 51.1 Å². The molecule has 7 heteroatoms. The summed E-state index contributed by atoms with van der Waals surface area (Å²) in [5.74, 6) is 0. The van der Waals surface area contributed by atoms with Crippen LogP contribution in [0.1, 0.15) is 27.2 Å². The van der Waals surface area contributed by atoms with Crippen LogP contribution in [0.5, 0.6) is 0 Å². The van der Waals surface area contributed by atoms with Gasteiger partial charge in [-0.25, -0.2) is 9.78 Å². The van der Waals surface area contributed by atoms with E-state index in [4.69, 9.17) is 4.74 Å². The van der Waals surface area contributed by atoms with E-state index in [2.05, 4.69) is 14.3 Å². The molecule has 2 aliphatic rings. The molecule has 3 heterocycles. The Bertz CT molecular complexity index is 471. The third-order valence-corrected chi connectivity index (χ3v) is 4.17. The summed E-state index contributed by atoms with van der Waals surface area (Å²) in [4.78, 5) is 20.5. The Kier molecular flexibility index (Phi) is 2.88. The molecule has 1 aromatic rings. The lowest BCUT2D eigenvalue weighted by Crippen LogP contribution is -2.50. The number of hydrogen-bond donors (Lipinski definition) is 0. The quantitative estimate of drug-likeness (QED) is 0.785. The van der Waals surface area contributed by atoms with E-state index in [-0.39, 0.29) is 12.1 Å². The molecule has 0 aromatic carbocycles. The van der Waals surface area contributed by atoms with Crippen molar-refractivity contribution in [2.24, 2.45) is 0 Å². The molecule has 0 spiro atoms. The molecule has 2 bridgehead atoms. The average Bonchev–Trinajstić information content (AvgIpc) is 3.02. The molecule has 2 aliphatic heterocycles. The van der Waals surface area contributed by atoms with Gasteiger partial charge in [-0.05, 0) is 27.2 Å². The summed E-state index contributed by atoms with van der Waals surface area (Å²) in [5.41, 5.74) is -0.433. The van der Waals surface area contributed by atoms with Crippen molar-refractivity contribution in [1.29, 1.82) is 0 Å². The minimum Gasteiger partial charge on any atom is -0.444 e. The first-order valence-electron chi connectivity index (χ1n) is 6.47. The summed E-state index contributed by atoms with van der Waals surface area (Å²) in [6.45, 7) is 7.24. The van der Waals surface area contributed by atoms with Gasteiger partial charge < -0.3 is 14.5 Å². The van der Waals surface area contributed by atoms with Gasteiger partial charge in [0.2, 0.25) is 5.13 Å².